The summed E-state index contributed by atoms with van der Waals surface area (Å²) in [5.41, 5.74) is 1.05. The first-order chi connectivity index (χ1) is 6.86. The lowest BCUT2D eigenvalue weighted by molar-refractivity contribution is 0.262. The summed E-state index contributed by atoms with van der Waals surface area (Å²) in [5.74, 6) is 0. The van der Waals surface area contributed by atoms with Crippen LogP contribution in [-0.2, 0) is 6.54 Å². The van der Waals surface area contributed by atoms with Crippen molar-refractivity contribution >= 4 is 0 Å². The monoisotopic (exact) mass is 194 g/mol. The van der Waals surface area contributed by atoms with Gasteiger partial charge in [-0.1, -0.05) is 13.0 Å². The molecule has 0 amide bonds. The Morgan fingerprint density at radius 1 is 1.50 bits per heavy atom. The van der Waals surface area contributed by atoms with Crippen LogP contribution in [0.15, 0.2) is 24.4 Å². The maximum absolute atomic E-state index is 8.81. The quantitative estimate of drug-likeness (QED) is 0.718. The van der Waals surface area contributed by atoms with Gasteiger partial charge in [-0.05, 0) is 25.0 Å². The van der Waals surface area contributed by atoms with Crippen molar-refractivity contribution in [1.29, 1.82) is 0 Å². The number of pyridine rings is 1. The highest BCUT2D eigenvalue weighted by Crippen LogP contribution is 1.99. The summed E-state index contributed by atoms with van der Waals surface area (Å²) >= 11 is 0. The molecule has 0 aliphatic heterocycles. The van der Waals surface area contributed by atoms with Crippen molar-refractivity contribution in [1.82, 2.24) is 10.3 Å². The van der Waals surface area contributed by atoms with Crippen LogP contribution in [0, 0.1) is 0 Å². The maximum Gasteiger partial charge on any atom is 0.0541 e. The van der Waals surface area contributed by atoms with Crippen LogP contribution < -0.4 is 5.32 Å². The zero-order valence-electron chi connectivity index (χ0n) is 8.61. The number of rotatable bonds is 6. The van der Waals surface area contributed by atoms with Gasteiger partial charge in [0.15, 0.2) is 0 Å². The highest BCUT2D eigenvalue weighted by atomic mass is 16.3. The van der Waals surface area contributed by atoms with E-state index >= 15 is 0 Å². The van der Waals surface area contributed by atoms with Gasteiger partial charge < -0.3 is 10.4 Å². The number of hydrogen-bond donors (Lipinski definition) is 2. The van der Waals surface area contributed by atoms with Gasteiger partial charge in [-0.15, -0.1) is 0 Å². The molecule has 3 nitrogen and oxygen atoms in total. The van der Waals surface area contributed by atoms with Crippen LogP contribution in [0.2, 0.25) is 0 Å². The van der Waals surface area contributed by atoms with Gasteiger partial charge in [-0.2, -0.15) is 0 Å². The fourth-order valence-electron chi connectivity index (χ4n) is 1.36. The number of aliphatic hydroxyl groups is 1. The van der Waals surface area contributed by atoms with Crippen LogP contribution in [-0.4, -0.2) is 22.7 Å². The molecule has 78 valence electrons. The van der Waals surface area contributed by atoms with Crippen molar-refractivity contribution in [3.05, 3.63) is 30.1 Å². The minimum Gasteiger partial charge on any atom is -0.396 e. The van der Waals surface area contributed by atoms with Gasteiger partial charge in [0.05, 0.1) is 5.69 Å². The molecule has 0 saturated heterocycles. The van der Waals surface area contributed by atoms with Crippen molar-refractivity contribution in [2.24, 2.45) is 0 Å². The molecular weight excluding hydrogens is 176 g/mol. The van der Waals surface area contributed by atoms with E-state index in [2.05, 4.69) is 17.2 Å². The Labute approximate surface area is 85.2 Å². The minimum absolute atomic E-state index is 0.244. The van der Waals surface area contributed by atoms with Crippen molar-refractivity contribution < 1.29 is 5.11 Å². The molecule has 1 rings (SSSR count). The summed E-state index contributed by atoms with van der Waals surface area (Å²) in [7, 11) is 0. The largest absolute Gasteiger partial charge is 0.396 e. The Balaban J connectivity index is 2.32. The summed E-state index contributed by atoms with van der Waals surface area (Å²) in [6.45, 7) is 3.14. The fourth-order valence-corrected chi connectivity index (χ4v) is 1.36. The zero-order valence-corrected chi connectivity index (χ0v) is 8.61. The van der Waals surface area contributed by atoms with E-state index in [4.69, 9.17) is 5.11 Å². The first-order valence-corrected chi connectivity index (χ1v) is 5.11. The first-order valence-electron chi connectivity index (χ1n) is 5.11. The molecule has 14 heavy (non-hydrogen) atoms. The molecule has 1 heterocycles. The predicted molar refractivity (Wildman–Crippen MR) is 56.9 cm³/mol. The second-order valence-electron chi connectivity index (χ2n) is 3.32. The summed E-state index contributed by atoms with van der Waals surface area (Å²) in [6, 6.07) is 6.28. The molecule has 0 fully saturated rings. The van der Waals surface area contributed by atoms with Crippen molar-refractivity contribution in [3.63, 3.8) is 0 Å². The van der Waals surface area contributed by atoms with E-state index in [1.54, 1.807) is 6.20 Å². The highest BCUT2D eigenvalue weighted by Gasteiger charge is 2.04. The maximum atomic E-state index is 8.81. The molecule has 1 aromatic heterocycles. The van der Waals surface area contributed by atoms with Crippen LogP contribution in [0.5, 0.6) is 0 Å². The third kappa shape index (κ3) is 3.85. The summed E-state index contributed by atoms with van der Waals surface area (Å²) in [4.78, 5) is 4.22. The molecule has 1 aromatic rings. The van der Waals surface area contributed by atoms with Gasteiger partial charge >= 0.3 is 0 Å². The third-order valence-electron chi connectivity index (χ3n) is 2.27. The van der Waals surface area contributed by atoms with Crippen molar-refractivity contribution in [2.75, 3.05) is 6.61 Å². The lowest BCUT2D eigenvalue weighted by Crippen LogP contribution is -2.29. The standard InChI is InChI=1S/C11H18N2O/c1-2-10(6-8-14)13-9-11-5-3-4-7-12-11/h3-5,7,10,13-14H,2,6,8-9H2,1H3. The predicted octanol–water partition coefficient (Wildman–Crippen LogP) is 1.33. The second-order valence-corrected chi connectivity index (χ2v) is 3.32. The minimum atomic E-state index is 0.244. The number of nitrogens with one attached hydrogen (secondary N) is 1. The van der Waals surface area contributed by atoms with Gasteiger partial charge in [0.1, 0.15) is 0 Å². The third-order valence-corrected chi connectivity index (χ3v) is 2.27. The van der Waals surface area contributed by atoms with Crippen LogP contribution in [0.1, 0.15) is 25.5 Å². The molecule has 0 aliphatic rings. The molecule has 0 aromatic carbocycles. The Hall–Kier alpha value is -0.930. The number of hydrogen-bond acceptors (Lipinski definition) is 3. The second kappa shape index (κ2) is 6.51. The van der Waals surface area contributed by atoms with E-state index in [1.807, 2.05) is 18.2 Å². The topological polar surface area (TPSA) is 45.1 Å². The van der Waals surface area contributed by atoms with E-state index in [0.29, 0.717) is 6.04 Å². The molecular formula is C11H18N2O. The molecule has 1 atom stereocenters. The van der Waals surface area contributed by atoms with E-state index in [9.17, 15) is 0 Å². The number of aliphatic hydroxyl groups excluding tert-OH is 1. The van der Waals surface area contributed by atoms with Crippen molar-refractivity contribution in [3.8, 4) is 0 Å². The lowest BCUT2D eigenvalue weighted by atomic mass is 10.1. The van der Waals surface area contributed by atoms with E-state index in [1.165, 1.54) is 0 Å². The normalized spacial score (nSPS) is 12.7. The van der Waals surface area contributed by atoms with Crippen LogP contribution in [0.4, 0.5) is 0 Å². The summed E-state index contributed by atoms with van der Waals surface area (Å²) in [5, 5.41) is 12.2. The molecule has 2 N–H and O–H groups in total. The zero-order chi connectivity index (χ0) is 10.2. The Morgan fingerprint density at radius 3 is 2.93 bits per heavy atom. The van der Waals surface area contributed by atoms with Gasteiger partial charge in [0, 0.05) is 25.4 Å². The van der Waals surface area contributed by atoms with Gasteiger partial charge in [-0.3, -0.25) is 4.98 Å². The fraction of sp³-hybridized carbons (Fsp3) is 0.545. The molecule has 0 spiro atoms. The first kappa shape index (κ1) is 11.1. The molecule has 3 heteroatoms. The highest BCUT2D eigenvalue weighted by molar-refractivity contribution is 5.03. The van der Waals surface area contributed by atoms with E-state index < -0.39 is 0 Å². The average molecular weight is 194 g/mol. The average Bonchev–Trinajstić information content (AvgIpc) is 2.25. The van der Waals surface area contributed by atoms with E-state index in [-0.39, 0.29) is 6.61 Å². The Kier molecular flexibility index (Phi) is 5.19. The Bertz CT molecular complexity index is 238. The molecule has 0 radical (unpaired) electrons. The summed E-state index contributed by atoms with van der Waals surface area (Å²) < 4.78 is 0. The number of nitrogens with zero attached hydrogens (tertiary/aromatic N) is 1. The van der Waals surface area contributed by atoms with Crippen LogP contribution in [0.25, 0.3) is 0 Å². The van der Waals surface area contributed by atoms with E-state index in [0.717, 1.165) is 25.1 Å². The van der Waals surface area contributed by atoms with Crippen LogP contribution in [0.3, 0.4) is 0 Å². The molecule has 0 aliphatic carbocycles. The van der Waals surface area contributed by atoms with Gasteiger partial charge in [0.25, 0.3) is 0 Å². The smallest absolute Gasteiger partial charge is 0.0541 e. The lowest BCUT2D eigenvalue weighted by Gasteiger charge is -2.14. The van der Waals surface area contributed by atoms with Gasteiger partial charge in [-0.25, -0.2) is 0 Å². The van der Waals surface area contributed by atoms with Crippen LogP contribution >= 0.6 is 0 Å². The Morgan fingerprint density at radius 2 is 2.36 bits per heavy atom. The molecule has 1 unspecified atom stereocenters. The summed E-state index contributed by atoms with van der Waals surface area (Å²) in [6.07, 6.45) is 3.64. The SMILES string of the molecule is CCC(CCO)NCc1ccccn1. The van der Waals surface area contributed by atoms with Gasteiger partial charge in [0.2, 0.25) is 0 Å². The molecule has 0 saturated carbocycles. The molecule has 0 bridgehead atoms. The number of aromatic nitrogens is 1. The van der Waals surface area contributed by atoms with Crippen molar-refractivity contribution in [2.45, 2.75) is 32.4 Å².